The first-order valence-electron chi connectivity index (χ1n) is 8.52. The Morgan fingerprint density at radius 2 is 1.52 bits per heavy atom. The van der Waals surface area contributed by atoms with Crippen LogP contribution in [0.25, 0.3) is 0 Å². The summed E-state index contributed by atoms with van der Waals surface area (Å²) in [5, 5.41) is 6.40. The quantitative estimate of drug-likeness (QED) is 0.668. The highest BCUT2D eigenvalue weighted by atomic mass is 35.5. The lowest BCUT2D eigenvalue weighted by molar-refractivity contribution is -0.114. The van der Waals surface area contributed by atoms with Crippen LogP contribution in [0.2, 0.25) is 5.02 Å². The fourth-order valence-electron chi connectivity index (χ4n) is 2.82. The molecule has 136 valence electrons. The molecule has 4 nitrogen and oxygen atoms in total. The van der Waals surface area contributed by atoms with E-state index in [0.29, 0.717) is 16.3 Å². The summed E-state index contributed by atoms with van der Waals surface area (Å²) in [5.41, 5.74) is 2.94. The predicted molar refractivity (Wildman–Crippen MR) is 108 cm³/mol. The Bertz CT molecular complexity index is 940. The standard InChI is InChI=1S/C22H19ClN2O2/c1-15(26)24-20-9-5-8-18(14-20)22(27)25-21(16-6-3-2-4-7-16)17-10-12-19(23)13-11-17/h2-14,21H,1H3,(H,24,26)(H,25,27). The number of amides is 2. The van der Waals surface area contributed by atoms with Crippen molar-refractivity contribution in [1.82, 2.24) is 5.32 Å². The summed E-state index contributed by atoms with van der Waals surface area (Å²) in [5.74, 6) is -0.415. The van der Waals surface area contributed by atoms with Gasteiger partial charge in [-0.1, -0.05) is 60.1 Å². The van der Waals surface area contributed by atoms with E-state index >= 15 is 0 Å². The first kappa shape index (κ1) is 18.7. The van der Waals surface area contributed by atoms with Gasteiger partial charge in [-0.3, -0.25) is 9.59 Å². The molecule has 0 aromatic heterocycles. The van der Waals surface area contributed by atoms with Crippen LogP contribution >= 0.6 is 11.6 Å². The van der Waals surface area contributed by atoms with Gasteiger partial charge in [0.1, 0.15) is 0 Å². The molecular formula is C22H19ClN2O2. The molecule has 0 heterocycles. The van der Waals surface area contributed by atoms with Crippen LogP contribution in [0.3, 0.4) is 0 Å². The minimum absolute atomic E-state index is 0.184. The maximum absolute atomic E-state index is 12.9. The van der Waals surface area contributed by atoms with Crippen LogP contribution in [0.4, 0.5) is 5.69 Å². The average Bonchev–Trinajstić information content (AvgIpc) is 2.67. The number of nitrogens with one attached hydrogen (secondary N) is 2. The van der Waals surface area contributed by atoms with Gasteiger partial charge in [0.2, 0.25) is 5.91 Å². The van der Waals surface area contributed by atoms with Crippen molar-refractivity contribution in [3.63, 3.8) is 0 Å². The molecule has 27 heavy (non-hydrogen) atoms. The molecule has 0 aliphatic carbocycles. The molecule has 0 radical (unpaired) electrons. The molecule has 0 aliphatic heterocycles. The van der Waals surface area contributed by atoms with Gasteiger partial charge < -0.3 is 10.6 Å². The van der Waals surface area contributed by atoms with Crippen LogP contribution in [0.5, 0.6) is 0 Å². The molecule has 3 rings (SSSR count). The van der Waals surface area contributed by atoms with Crippen molar-refractivity contribution in [1.29, 1.82) is 0 Å². The smallest absolute Gasteiger partial charge is 0.252 e. The number of hydrogen-bond donors (Lipinski definition) is 2. The maximum atomic E-state index is 12.9. The van der Waals surface area contributed by atoms with Gasteiger partial charge in [-0.25, -0.2) is 0 Å². The van der Waals surface area contributed by atoms with Crippen LogP contribution in [0.1, 0.15) is 34.5 Å². The third-order valence-electron chi connectivity index (χ3n) is 4.06. The number of rotatable bonds is 5. The van der Waals surface area contributed by atoms with Crippen molar-refractivity contribution in [2.75, 3.05) is 5.32 Å². The molecular weight excluding hydrogens is 360 g/mol. The molecule has 0 saturated carbocycles. The molecule has 0 fully saturated rings. The van der Waals surface area contributed by atoms with Crippen LogP contribution < -0.4 is 10.6 Å². The first-order valence-corrected chi connectivity index (χ1v) is 8.89. The Hall–Kier alpha value is -3.11. The number of halogens is 1. The lowest BCUT2D eigenvalue weighted by Crippen LogP contribution is -2.29. The van der Waals surface area contributed by atoms with Crippen LogP contribution in [0.15, 0.2) is 78.9 Å². The van der Waals surface area contributed by atoms with E-state index in [4.69, 9.17) is 11.6 Å². The van der Waals surface area contributed by atoms with E-state index in [1.807, 2.05) is 42.5 Å². The molecule has 3 aromatic carbocycles. The lowest BCUT2D eigenvalue weighted by Gasteiger charge is -2.20. The monoisotopic (exact) mass is 378 g/mol. The fourth-order valence-corrected chi connectivity index (χ4v) is 2.94. The summed E-state index contributed by atoms with van der Waals surface area (Å²) in [6.07, 6.45) is 0. The van der Waals surface area contributed by atoms with Gasteiger partial charge in [0.25, 0.3) is 5.91 Å². The van der Waals surface area contributed by atoms with E-state index in [2.05, 4.69) is 10.6 Å². The minimum Gasteiger partial charge on any atom is -0.341 e. The number of benzene rings is 3. The molecule has 0 saturated heterocycles. The highest BCUT2D eigenvalue weighted by Crippen LogP contribution is 2.24. The van der Waals surface area contributed by atoms with Gasteiger partial charge in [-0.2, -0.15) is 0 Å². The number of anilines is 1. The van der Waals surface area contributed by atoms with Crippen molar-refractivity contribution < 1.29 is 9.59 Å². The largest absolute Gasteiger partial charge is 0.341 e. The lowest BCUT2D eigenvalue weighted by atomic mass is 9.98. The molecule has 5 heteroatoms. The van der Waals surface area contributed by atoms with Crippen LogP contribution in [0, 0.1) is 0 Å². The molecule has 0 bridgehead atoms. The molecule has 1 atom stereocenters. The maximum Gasteiger partial charge on any atom is 0.252 e. The number of carbonyl (C=O) groups excluding carboxylic acids is 2. The third kappa shape index (κ3) is 4.96. The number of hydrogen-bond acceptors (Lipinski definition) is 2. The van der Waals surface area contributed by atoms with E-state index in [-0.39, 0.29) is 17.9 Å². The molecule has 0 aliphatic rings. The van der Waals surface area contributed by atoms with Gasteiger partial charge in [0, 0.05) is 23.2 Å². The van der Waals surface area contributed by atoms with Gasteiger partial charge >= 0.3 is 0 Å². The summed E-state index contributed by atoms with van der Waals surface area (Å²) in [6.45, 7) is 1.43. The first-order chi connectivity index (χ1) is 13.0. The van der Waals surface area contributed by atoms with Crippen LogP contribution in [-0.2, 0) is 4.79 Å². The van der Waals surface area contributed by atoms with E-state index in [1.165, 1.54) is 6.92 Å². The topological polar surface area (TPSA) is 58.2 Å². The molecule has 2 amide bonds. The zero-order chi connectivity index (χ0) is 19.2. The van der Waals surface area contributed by atoms with Crippen molar-refractivity contribution >= 4 is 29.1 Å². The summed E-state index contributed by atoms with van der Waals surface area (Å²) < 4.78 is 0. The van der Waals surface area contributed by atoms with Crippen LogP contribution in [-0.4, -0.2) is 11.8 Å². The summed E-state index contributed by atoms with van der Waals surface area (Å²) >= 11 is 6.00. The fraction of sp³-hybridized carbons (Fsp3) is 0.0909. The summed E-state index contributed by atoms with van der Waals surface area (Å²) in [6, 6.07) is 23.7. The molecule has 2 N–H and O–H groups in total. The van der Waals surface area contributed by atoms with Crippen molar-refractivity contribution in [2.45, 2.75) is 13.0 Å². The highest BCUT2D eigenvalue weighted by molar-refractivity contribution is 6.30. The minimum atomic E-state index is -0.319. The molecule has 1 unspecified atom stereocenters. The second kappa shape index (κ2) is 8.52. The van der Waals surface area contributed by atoms with E-state index in [0.717, 1.165) is 11.1 Å². The Morgan fingerprint density at radius 1 is 0.852 bits per heavy atom. The second-order valence-corrected chi connectivity index (χ2v) is 6.57. The normalized spacial score (nSPS) is 11.5. The SMILES string of the molecule is CC(=O)Nc1cccc(C(=O)NC(c2ccccc2)c2ccc(Cl)cc2)c1. The van der Waals surface area contributed by atoms with Crippen molar-refractivity contribution in [3.8, 4) is 0 Å². The zero-order valence-corrected chi connectivity index (χ0v) is 15.5. The van der Waals surface area contributed by atoms with Gasteiger partial charge in [0.05, 0.1) is 6.04 Å². The summed E-state index contributed by atoms with van der Waals surface area (Å²) in [4.78, 5) is 24.1. The van der Waals surface area contributed by atoms with Gasteiger partial charge in [0.15, 0.2) is 0 Å². The average molecular weight is 379 g/mol. The Labute approximate surface area is 163 Å². The summed E-state index contributed by atoms with van der Waals surface area (Å²) in [7, 11) is 0. The third-order valence-corrected chi connectivity index (χ3v) is 4.31. The highest BCUT2D eigenvalue weighted by Gasteiger charge is 2.18. The number of carbonyl (C=O) groups is 2. The predicted octanol–water partition coefficient (Wildman–Crippen LogP) is 4.82. The molecule has 0 spiro atoms. The Morgan fingerprint density at radius 3 is 2.19 bits per heavy atom. The zero-order valence-electron chi connectivity index (χ0n) is 14.8. The van der Waals surface area contributed by atoms with Gasteiger partial charge in [-0.05, 0) is 41.5 Å². The van der Waals surface area contributed by atoms with E-state index in [9.17, 15) is 9.59 Å². The van der Waals surface area contributed by atoms with Crippen molar-refractivity contribution in [3.05, 3.63) is 101 Å². The van der Waals surface area contributed by atoms with E-state index in [1.54, 1.807) is 36.4 Å². The Kier molecular flexibility index (Phi) is 5.89. The molecule has 3 aromatic rings. The van der Waals surface area contributed by atoms with E-state index < -0.39 is 0 Å². The Balaban J connectivity index is 1.89. The second-order valence-electron chi connectivity index (χ2n) is 6.13. The van der Waals surface area contributed by atoms with Gasteiger partial charge in [-0.15, -0.1) is 0 Å². The van der Waals surface area contributed by atoms with Crippen molar-refractivity contribution in [2.24, 2.45) is 0 Å².